The fraction of sp³-hybridized carbons (Fsp3) is 0.867. The van der Waals surface area contributed by atoms with E-state index in [0.29, 0.717) is 0 Å². The molecule has 0 fully saturated rings. The maximum atomic E-state index is 10.1. The lowest BCUT2D eigenvalue weighted by atomic mass is 10.2. The summed E-state index contributed by atoms with van der Waals surface area (Å²) in [5, 5.41) is 10.2. The third-order valence-corrected chi connectivity index (χ3v) is 8.40. The van der Waals surface area contributed by atoms with E-state index in [4.69, 9.17) is 4.43 Å². The van der Waals surface area contributed by atoms with Gasteiger partial charge in [-0.1, -0.05) is 52.7 Å². The van der Waals surface area contributed by atoms with Gasteiger partial charge in [0, 0.05) is 0 Å². The SMILES string of the molecule is CCCCC=C[C@H](O)[C@H](C)O[Si](C)(C)C(C)(C)C. The molecule has 0 bridgehead atoms. The zero-order chi connectivity index (χ0) is 14.4. The third-order valence-electron chi connectivity index (χ3n) is 3.83. The molecule has 0 radical (unpaired) electrons. The summed E-state index contributed by atoms with van der Waals surface area (Å²) in [6.07, 6.45) is 6.75. The minimum absolute atomic E-state index is 0.122. The Bertz CT molecular complexity index is 254. The highest BCUT2D eigenvalue weighted by Crippen LogP contribution is 2.37. The number of allylic oxidation sites excluding steroid dienone is 1. The summed E-state index contributed by atoms with van der Waals surface area (Å²) in [5.41, 5.74) is 0. The number of hydrogen-bond acceptors (Lipinski definition) is 2. The predicted octanol–water partition coefficient (Wildman–Crippen LogP) is 4.50. The van der Waals surface area contributed by atoms with Gasteiger partial charge in [0.1, 0.15) is 0 Å². The molecule has 0 aliphatic rings. The largest absolute Gasteiger partial charge is 0.411 e. The van der Waals surface area contributed by atoms with E-state index in [2.05, 4.69) is 46.9 Å². The highest BCUT2D eigenvalue weighted by atomic mass is 28.4. The lowest BCUT2D eigenvalue weighted by Gasteiger charge is -2.39. The molecule has 0 heterocycles. The van der Waals surface area contributed by atoms with Crippen molar-refractivity contribution in [3.05, 3.63) is 12.2 Å². The molecule has 2 nitrogen and oxygen atoms in total. The topological polar surface area (TPSA) is 29.5 Å². The molecule has 18 heavy (non-hydrogen) atoms. The van der Waals surface area contributed by atoms with E-state index in [1.54, 1.807) is 0 Å². The van der Waals surface area contributed by atoms with Crippen LogP contribution in [0.4, 0.5) is 0 Å². The smallest absolute Gasteiger partial charge is 0.192 e. The first kappa shape index (κ1) is 17.9. The molecule has 0 aliphatic carbocycles. The second-order valence-electron chi connectivity index (χ2n) is 6.64. The average molecular weight is 273 g/mol. The molecule has 2 atom stereocenters. The Morgan fingerprint density at radius 1 is 1.28 bits per heavy atom. The standard InChI is InChI=1S/C15H32O2Si/c1-8-9-10-11-12-14(16)13(2)17-18(6,7)15(3,4)5/h11-14,16H,8-10H2,1-7H3/t13-,14-/m0/s1. The molecule has 0 spiro atoms. The van der Waals surface area contributed by atoms with Crippen molar-refractivity contribution in [3.63, 3.8) is 0 Å². The predicted molar refractivity (Wildman–Crippen MR) is 82.4 cm³/mol. The van der Waals surface area contributed by atoms with E-state index in [9.17, 15) is 5.11 Å². The van der Waals surface area contributed by atoms with Crippen LogP contribution in [0.2, 0.25) is 18.1 Å². The second-order valence-corrected chi connectivity index (χ2v) is 11.4. The van der Waals surface area contributed by atoms with Crippen molar-refractivity contribution in [1.82, 2.24) is 0 Å². The van der Waals surface area contributed by atoms with Gasteiger partial charge in [-0.2, -0.15) is 0 Å². The van der Waals surface area contributed by atoms with Crippen molar-refractivity contribution in [3.8, 4) is 0 Å². The van der Waals surface area contributed by atoms with E-state index in [-0.39, 0.29) is 11.1 Å². The van der Waals surface area contributed by atoms with Gasteiger partial charge < -0.3 is 9.53 Å². The highest BCUT2D eigenvalue weighted by molar-refractivity contribution is 6.74. The molecule has 0 saturated heterocycles. The number of unbranched alkanes of at least 4 members (excludes halogenated alkanes) is 2. The van der Waals surface area contributed by atoms with Gasteiger partial charge in [0.25, 0.3) is 0 Å². The van der Waals surface area contributed by atoms with Crippen LogP contribution in [-0.2, 0) is 4.43 Å². The van der Waals surface area contributed by atoms with Crippen LogP contribution >= 0.6 is 0 Å². The Balaban J connectivity index is 4.31. The van der Waals surface area contributed by atoms with Crippen LogP contribution in [0.5, 0.6) is 0 Å². The number of hydrogen-bond donors (Lipinski definition) is 1. The van der Waals surface area contributed by atoms with Crippen LogP contribution in [0, 0.1) is 0 Å². The Morgan fingerprint density at radius 3 is 2.28 bits per heavy atom. The maximum absolute atomic E-state index is 10.1. The summed E-state index contributed by atoms with van der Waals surface area (Å²) in [6, 6.07) is 0. The van der Waals surface area contributed by atoms with Crippen LogP contribution in [0.15, 0.2) is 12.2 Å². The van der Waals surface area contributed by atoms with E-state index >= 15 is 0 Å². The first-order valence-electron chi connectivity index (χ1n) is 7.14. The molecule has 0 aliphatic heterocycles. The molecule has 0 aromatic heterocycles. The van der Waals surface area contributed by atoms with Gasteiger partial charge in [-0.05, 0) is 31.5 Å². The summed E-state index contributed by atoms with van der Waals surface area (Å²) < 4.78 is 6.16. The third kappa shape index (κ3) is 6.16. The molecule has 0 unspecified atom stereocenters. The minimum Gasteiger partial charge on any atom is -0.411 e. The van der Waals surface area contributed by atoms with Crippen molar-refractivity contribution >= 4 is 8.32 Å². The van der Waals surface area contributed by atoms with Gasteiger partial charge in [0.05, 0.1) is 12.2 Å². The van der Waals surface area contributed by atoms with Crippen LogP contribution in [0.25, 0.3) is 0 Å². The monoisotopic (exact) mass is 272 g/mol. The average Bonchev–Trinajstić information content (AvgIpc) is 2.21. The van der Waals surface area contributed by atoms with Crippen molar-refractivity contribution in [2.45, 2.75) is 84.2 Å². The molecule has 3 heteroatoms. The zero-order valence-electron chi connectivity index (χ0n) is 13.3. The van der Waals surface area contributed by atoms with Crippen molar-refractivity contribution in [2.24, 2.45) is 0 Å². The molecule has 0 amide bonds. The molecule has 0 saturated carbocycles. The summed E-state index contributed by atoms with van der Waals surface area (Å²) >= 11 is 0. The lowest BCUT2D eigenvalue weighted by Crippen LogP contribution is -2.45. The van der Waals surface area contributed by atoms with Gasteiger partial charge >= 0.3 is 0 Å². The van der Waals surface area contributed by atoms with E-state index in [0.717, 1.165) is 6.42 Å². The molecule has 0 aromatic rings. The molecular formula is C15H32O2Si. The van der Waals surface area contributed by atoms with Crippen molar-refractivity contribution in [2.75, 3.05) is 0 Å². The van der Waals surface area contributed by atoms with Crippen LogP contribution in [0.1, 0.15) is 53.9 Å². The molecule has 1 N–H and O–H groups in total. The number of rotatable bonds is 7. The Kier molecular flexibility index (Phi) is 7.41. The fourth-order valence-corrected chi connectivity index (χ4v) is 2.85. The highest BCUT2D eigenvalue weighted by Gasteiger charge is 2.39. The normalized spacial score (nSPS) is 17.1. The number of aliphatic hydroxyl groups is 1. The van der Waals surface area contributed by atoms with Crippen molar-refractivity contribution in [1.29, 1.82) is 0 Å². The van der Waals surface area contributed by atoms with Crippen LogP contribution in [-0.4, -0.2) is 25.6 Å². The van der Waals surface area contributed by atoms with E-state index < -0.39 is 14.4 Å². The molecular weight excluding hydrogens is 240 g/mol. The van der Waals surface area contributed by atoms with Gasteiger partial charge in [0.15, 0.2) is 8.32 Å². The lowest BCUT2D eigenvalue weighted by molar-refractivity contribution is 0.0691. The Hall–Kier alpha value is -0.123. The summed E-state index contributed by atoms with van der Waals surface area (Å²) in [7, 11) is -1.78. The molecule has 108 valence electrons. The van der Waals surface area contributed by atoms with Crippen molar-refractivity contribution < 1.29 is 9.53 Å². The first-order valence-corrected chi connectivity index (χ1v) is 10.0. The van der Waals surface area contributed by atoms with E-state index in [1.165, 1.54) is 12.8 Å². The second kappa shape index (κ2) is 7.46. The van der Waals surface area contributed by atoms with Crippen LogP contribution < -0.4 is 0 Å². The maximum Gasteiger partial charge on any atom is 0.192 e. The molecule has 0 rings (SSSR count). The summed E-state index contributed by atoms with van der Waals surface area (Å²) in [5.74, 6) is 0. The fourth-order valence-electron chi connectivity index (χ4n) is 1.43. The zero-order valence-corrected chi connectivity index (χ0v) is 14.3. The Morgan fingerprint density at radius 2 is 1.83 bits per heavy atom. The van der Waals surface area contributed by atoms with Crippen LogP contribution in [0.3, 0.4) is 0 Å². The number of aliphatic hydroxyl groups excluding tert-OH is 1. The first-order chi connectivity index (χ1) is 8.12. The van der Waals surface area contributed by atoms with Gasteiger partial charge in [-0.15, -0.1) is 0 Å². The minimum atomic E-state index is -1.78. The summed E-state index contributed by atoms with van der Waals surface area (Å²) in [4.78, 5) is 0. The quantitative estimate of drug-likeness (QED) is 0.420. The summed E-state index contributed by atoms with van der Waals surface area (Å²) in [6.45, 7) is 15.2. The Labute approximate surface area is 115 Å². The molecule has 0 aromatic carbocycles. The van der Waals surface area contributed by atoms with E-state index in [1.807, 2.05) is 13.0 Å². The van der Waals surface area contributed by atoms with Gasteiger partial charge in [0.2, 0.25) is 0 Å². The van der Waals surface area contributed by atoms with Gasteiger partial charge in [-0.25, -0.2) is 0 Å². The van der Waals surface area contributed by atoms with Gasteiger partial charge in [-0.3, -0.25) is 0 Å².